The molecule has 2 rings (SSSR count). The lowest BCUT2D eigenvalue weighted by Crippen LogP contribution is -2.13. The molecule has 0 aliphatic rings. The van der Waals surface area contributed by atoms with E-state index in [4.69, 9.17) is 15.7 Å². The van der Waals surface area contributed by atoms with Crippen LogP contribution in [0.15, 0.2) is 35.1 Å². The number of aromatic amines is 1. The van der Waals surface area contributed by atoms with Crippen LogP contribution in [0, 0.1) is 11.3 Å². The van der Waals surface area contributed by atoms with Gasteiger partial charge in [0.05, 0.1) is 6.61 Å². The first kappa shape index (κ1) is 12.7. The van der Waals surface area contributed by atoms with Crippen molar-refractivity contribution in [3.05, 3.63) is 46.2 Å². The molecule has 1 aromatic carbocycles. The van der Waals surface area contributed by atoms with Crippen molar-refractivity contribution in [1.82, 2.24) is 4.98 Å². The van der Waals surface area contributed by atoms with Crippen LogP contribution in [-0.2, 0) is 0 Å². The highest BCUT2D eigenvalue weighted by atomic mass is 16.5. The highest BCUT2D eigenvalue weighted by Gasteiger charge is 2.10. The topological polar surface area (TPSA) is 91.9 Å². The molecule has 3 N–H and O–H groups in total. The maximum absolute atomic E-state index is 11.7. The number of nitrogen functional groups attached to an aromatic ring is 1. The third-order valence-electron chi connectivity index (χ3n) is 2.64. The molecular formula is C14H13N3O2. The molecule has 19 heavy (non-hydrogen) atoms. The van der Waals surface area contributed by atoms with E-state index in [-0.39, 0.29) is 11.4 Å². The summed E-state index contributed by atoms with van der Waals surface area (Å²) in [5.74, 6) is 0.968. The number of nitrogens with two attached hydrogens (primary N) is 1. The Morgan fingerprint density at radius 1 is 1.37 bits per heavy atom. The Morgan fingerprint density at radius 2 is 2.05 bits per heavy atom. The first-order valence-corrected chi connectivity index (χ1v) is 5.82. The summed E-state index contributed by atoms with van der Waals surface area (Å²) in [6.07, 6.45) is 0. The average Bonchev–Trinajstić information content (AvgIpc) is 2.39. The minimum atomic E-state index is -0.480. The quantitative estimate of drug-likeness (QED) is 0.876. The van der Waals surface area contributed by atoms with Crippen LogP contribution in [0.4, 0.5) is 5.82 Å². The molecular weight excluding hydrogens is 242 g/mol. The maximum atomic E-state index is 11.7. The van der Waals surface area contributed by atoms with Crippen LogP contribution in [0.5, 0.6) is 5.75 Å². The Morgan fingerprint density at radius 3 is 2.63 bits per heavy atom. The minimum absolute atomic E-state index is 0.0540. The fraction of sp³-hybridized carbons (Fsp3) is 0.143. The lowest BCUT2D eigenvalue weighted by molar-refractivity contribution is 0.340. The molecule has 5 nitrogen and oxygen atoms in total. The highest BCUT2D eigenvalue weighted by Crippen LogP contribution is 2.24. The molecule has 0 unspecified atom stereocenters. The Hall–Kier alpha value is -2.74. The van der Waals surface area contributed by atoms with E-state index in [9.17, 15) is 4.79 Å². The van der Waals surface area contributed by atoms with Crippen LogP contribution >= 0.6 is 0 Å². The highest BCUT2D eigenvalue weighted by molar-refractivity contribution is 5.72. The molecule has 0 atom stereocenters. The van der Waals surface area contributed by atoms with E-state index in [2.05, 4.69) is 4.98 Å². The molecule has 0 saturated heterocycles. The first-order valence-electron chi connectivity index (χ1n) is 5.82. The van der Waals surface area contributed by atoms with Crippen LogP contribution in [0.25, 0.3) is 11.1 Å². The number of hydrogen-bond acceptors (Lipinski definition) is 4. The number of hydrogen-bond donors (Lipinski definition) is 2. The molecule has 0 bridgehead atoms. The predicted molar refractivity (Wildman–Crippen MR) is 72.8 cm³/mol. The number of nitriles is 1. The molecule has 0 amide bonds. The summed E-state index contributed by atoms with van der Waals surface area (Å²) in [5.41, 5.74) is 6.45. The smallest absolute Gasteiger partial charge is 0.268 e. The van der Waals surface area contributed by atoms with Crippen LogP contribution in [0.1, 0.15) is 12.5 Å². The number of benzene rings is 1. The minimum Gasteiger partial charge on any atom is -0.494 e. The molecule has 2 aromatic rings. The molecule has 0 spiro atoms. The summed E-state index contributed by atoms with van der Waals surface area (Å²) in [7, 11) is 0. The lowest BCUT2D eigenvalue weighted by atomic mass is 10.0. The van der Waals surface area contributed by atoms with E-state index in [0.717, 1.165) is 11.3 Å². The second kappa shape index (κ2) is 5.27. The van der Waals surface area contributed by atoms with Gasteiger partial charge in [0.15, 0.2) is 0 Å². The molecule has 0 radical (unpaired) electrons. The third-order valence-corrected chi connectivity index (χ3v) is 2.64. The lowest BCUT2D eigenvalue weighted by Gasteiger charge is -2.07. The second-order valence-corrected chi connectivity index (χ2v) is 3.91. The number of pyridine rings is 1. The van der Waals surface area contributed by atoms with Crippen molar-refractivity contribution in [2.75, 3.05) is 12.3 Å². The zero-order chi connectivity index (χ0) is 13.8. The molecule has 0 fully saturated rings. The number of rotatable bonds is 3. The van der Waals surface area contributed by atoms with Gasteiger partial charge in [-0.25, -0.2) is 0 Å². The van der Waals surface area contributed by atoms with E-state index in [1.165, 1.54) is 0 Å². The average molecular weight is 255 g/mol. The van der Waals surface area contributed by atoms with Crippen LogP contribution < -0.4 is 16.0 Å². The van der Waals surface area contributed by atoms with Gasteiger partial charge in [0, 0.05) is 5.56 Å². The molecule has 1 heterocycles. The normalized spacial score (nSPS) is 9.89. The molecule has 0 aliphatic carbocycles. The van der Waals surface area contributed by atoms with Gasteiger partial charge in [0.1, 0.15) is 23.2 Å². The van der Waals surface area contributed by atoms with E-state index in [0.29, 0.717) is 12.2 Å². The fourth-order valence-electron chi connectivity index (χ4n) is 1.82. The van der Waals surface area contributed by atoms with Gasteiger partial charge in [-0.3, -0.25) is 4.79 Å². The first-order chi connectivity index (χ1) is 9.15. The van der Waals surface area contributed by atoms with E-state index >= 15 is 0 Å². The Kier molecular flexibility index (Phi) is 3.53. The Bertz CT molecular complexity index is 681. The van der Waals surface area contributed by atoms with Crippen molar-refractivity contribution in [2.45, 2.75) is 6.92 Å². The van der Waals surface area contributed by atoms with Crippen molar-refractivity contribution < 1.29 is 4.74 Å². The van der Waals surface area contributed by atoms with Gasteiger partial charge in [0.2, 0.25) is 0 Å². The zero-order valence-electron chi connectivity index (χ0n) is 10.4. The third kappa shape index (κ3) is 2.58. The maximum Gasteiger partial charge on any atom is 0.268 e. The Labute approximate surface area is 110 Å². The predicted octanol–water partition coefficient (Wildman–Crippen LogP) is 1.89. The number of aromatic nitrogens is 1. The van der Waals surface area contributed by atoms with Gasteiger partial charge >= 0.3 is 0 Å². The van der Waals surface area contributed by atoms with Gasteiger partial charge < -0.3 is 15.5 Å². The molecule has 96 valence electrons. The van der Waals surface area contributed by atoms with Crippen LogP contribution in [0.3, 0.4) is 0 Å². The van der Waals surface area contributed by atoms with E-state index < -0.39 is 5.56 Å². The van der Waals surface area contributed by atoms with Gasteiger partial charge in [-0.2, -0.15) is 5.26 Å². The summed E-state index contributed by atoms with van der Waals surface area (Å²) in [5, 5.41) is 9.05. The van der Waals surface area contributed by atoms with Gasteiger partial charge in [0.25, 0.3) is 5.56 Å². The number of ether oxygens (including phenoxy) is 1. The van der Waals surface area contributed by atoms with E-state index in [1.54, 1.807) is 30.3 Å². The number of nitrogens with zero attached hydrogens (tertiary/aromatic N) is 1. The van der Waals surface area contributed by atoms with Crippen molar-refractivity contribution in [1.29, 1.82) is 5.26 Å². The van der Waals surface area contributed by atoms with Gasteiger partial charge in [-0.05, 0) is 30.7 Å². The summed E-state index contributed by atoms with van der Waals surface area (Å²) >= 11 is 0. The SMILES string of the molecule is CCOc1ccc(-c2cc(N)[nH]c(=O)c2C#N)cc1. The van der Waals surface area contributed by atoms with Crippen molar-refractivity contribution >= 4 is 5.82 Å². The monoisotopic (exact) mass is 255 g/mol. The zero-order valence-corrected chi connectivity index (χ0v) is 10.4. The van der Waals surface area contributed by atoms with Crippen LogP contribution in [0.2, 0.25) is 0 Å². The van der Waals surface area contributed by atoms with Gasteiger partial charge in [-0.1, -0.05) is 12.1 Å². The number of nitrogens with one attached hydrogen (secondary N) is 1. The molecule has 1 aromatic heterocycles. The molecule has 0 saturated carbocycles. The standard InChI is InChI=1S/C14H13N3O2/c1-2-19-10-5-3-9(4-6-10)11-7-13(16)17-14(18)12(11)8-15/h3-7H,2H2,1H3,(H3,16,17,18). The molecule has 0 aliphatic heterocycles. The number of anilines is 1. The van der Waals surface area contributed by atoms with E-state index in [1.807, 2.05) is 13.0 Å². The second-order valence-electron chi connectivity index (χ2n) is 3.91. The summed E-state index contributed by atoms with van der Waals surface area (Å²) in [4.78, 5) is 14.1. The van der Waals surface area contributed by atoms with Gasteiger partial charge in [-0.15, -0.1) is 0 Å². The number of H-pyrrole nitrogens is 1. The summed E-state index contributed by atoms with van der Waals surface area (Å²) < 4.78 is 5.34. The largest absolute Gasteiger partial charge is 0.494 e. The Balaban J connectivity index is 2.53. The molecule has 5 heteroatoms. The summed E-state index contributed by atoms with van der Waals surface area (Å²) in [6, 6.07) is 10.6. The van der Waals surface area contributed by atoms with Crippen molar-refractivity contribution in [3.8, 4) is 22.9 Å². The summed E-state index contributed by atoms with van der Waals surface area (Å²) in [6.45, 7) is 2.49. The fourth-order valence-corrected chi connectivity index (χ4v) is 1.82. The van der Waals surface area contributed by atoms with Crippen LogP contribution in [-0.4, -0.2) is 11.6 Å². The van der Waals surface area contributed by atoms with Crippen molar-refractivity contribution in [3.63, 3.8) is 0 Å². The van der Waals surface area contributed by atoms with Crippen molar-refractivity contribution in [2.24, 2.45) is 0 Å².